The molecule has 0 aliphatic heterocycles. The van der Waals surface area contributed by atoms with Crippen LogP contribution in [0.5, 0.6) is 0 Å². The topological polar surface area (TPSA) is 35.5 Å². The summed E-state index contributed by atoms with van der Waals surface area (Å²) in [5.74, 6) is 0. The van der Waals surface area contributed by atoms with Gasteiger partial charge in [0.1, 0.15) is 0 Å². The van der Waals surface area contributed by atoms with E-state index in [1.165, 1.54) is 5.69 Å². The highest BCUT2D eigenvalue weighted by atomic mass is 16.3. The number of nitrogens with one attached hydrogen (secondary N) is 1. The van der Waals surface area contributed by atoms with Gasteiger partial charge >= 0.3 is 0 Å². The number of aliphatic hydroxyl groups excluding tert-OH is 1. The predicted molar refractivity (Wildman–Crippen MR) is 74.7 cm³/mol. The zero-order valence-electron chi connectivity index (χ0n) is 11.3. The van der Waals surface area contributed by atoms with Crippen molar-refractivity contribution in [3.8, 4) is 0 Å². The highest BCUT2D eigenvalue weighted by molar-refractivity contribution is 5.57. The Morgan fingerprint density at radius 1 is 1.35 bits per heavy atom. The van der Waals surface area contributed by atoms with Gasteiger partial charge in [-0.15, -0.1) is 0 Å². The Balaban J connectivity index is 2.66. The Hall–Kier alpha value is -1.22. The van der Waals surface area contributed by atoms with Crippen molar-refractivity contribution >= 4 is 11.4 Å². The third kappa shape index (κ3) is 3.93. The summed E-state index contributed by atoms with van der Waals surface area (Å²) >= 11 is 0. The standard InChI is InChI=1S/C14H24N2O/c1-5-14(2,11-17)10-15-12-7-6-8-13(9-12)16(3)4/h6-9,15,17H,5,10-11H2,1-4H3. The minimum atomic E-state index is -0.0475. The summed E-state index contributed by atoms with van der Waals surface area (Å²) in [7, 11) is 4.06. The number of nitrogens with zero attached hydrogens (tertiary/aromatic N) is 1. The minimum absolute atomic E-state index is 0.0475. The number of rotatable bonds is 6. The van der Waals surface area contributed by atoms with Gasteiger partial charge in [0.15, 0.2) is 0 Å². The van der Waals surface area contributed by atoms with E-state index in [0.717, 1.165) is 18.7 Å². The van der Waals surface area contributed by atoms with Gasteiger partial charge in [-0.05, 0) is 24.6 Å². The van der Waals surface area contributed by atoms with Gasteiger partial charge in [0.05, 0.1) is 6.61 Å². The molecule has 0 saturated heterocycles. The van der Waals surface area contributed by atoms with E-state index in [1.54, 1.807) is 0 Å². The number of aliphatic hydroxyl groups is 1. The van der Waals surface area contributed by atoms with Gasteiger partial charge < -0.3 is 15.3 Å². The highest BCUT2D eigenvalue weighted by Gasteiger charge is 2.20. The summed E-state index contributed by atoms with van der Waals surface area (Å²) in [6.45, 7) is 5.20. The van der Waals surface area contributed by atoms with E-state index >= 15 is 0 Å². The molecular formula is C14H24N2O. The summed E-state index contributed by atoms with van der Waals surface area (Å²) in [4.78, 5) is 2.08. The number of benzene rings is 1. The lowest BCUT2D eigenvalue weighted by Gasteiger charge is -2.26. The van der Waals surface area contributed by atoms with Crippen molar-refractivity contribution in [3.05, 3.63) is 24.3 Å². The maximum absolute atomic E-state index is 9.36. The van der Waals surface area contributed by atoms with E-state index in [2.05, 4.69) is 42.3 Å². The van der Waals surface area contributed by atoms with Crippen molar-refractivity contribution < 1.29 is 5.11 Å². The Morgan fingerprint density at radius 2 is 2.06 bits per heavy atom. The van der Waals surface area contributed by atoms with Crippen LogP contribution in [-0.4, -0.2) is 32.4 Å². The molecule has 0 aliphatic rings. The molecule has 0 saturated carbocycles. The molecule has 0 fully saturated rings. The summed E-state index contributed by atoms with van der Waals surface area (Å²) in [6, 6.07) is 8.30. The first-order valence-corrected chi connectivity index (χ1v) is 6.13. The molecule has 1 aromatic carbocycles. The molecule has 2 N–H and O–H groups in total. The van der Waals surface area contributed by atoms with Crippen LogP contribution in [0, 0.1) is 5.41 Å². The number of anilines is 2. The van der Waals surface area contributed by atoms with E-state index in [0.29, 0.717) is 0 Å². The molecule has 96 valence electrons. The van der Waals surface area contributed by atoms with Crippen molar-refractivity contribution in [1.29, 1.82) is 0 Å². The number of hydrogen-bond acceptors (Lipinski definition) is 3. The SMILES string of the molecule is CCC(C)(CO)CNc1cccc(N(C)C)c1. The van der Waals surface area contributed by atoms with Gasteiger partial charge in [-0.25, -0.2) is 0 Å². The molecule has 0 radical (unpaired) electrons. The van der Waals surface area contributed by atoms with Crippen LogP contribution in [0.1, 0.15) is 20.3 Å². The normalized spacial score (nSPS) is 14.2. The second-order valence-electron chi connectivity index (χ2n) is 5.12. The maximum Gasteiger partial charge on any atom is 0.0501 e. The molecule has 17 heavy (non-hydrogen) atoms. The van der Waals surface area contributed by atoms with Crippen LogP contribution in [-0.2, 0) is 0 Å². The smallest absolute Gasteiger partial charge is 0.0501 e. The van der Waals surface area contributed by atoms with Gasteiger partial charge in [-0.3, -0.25) is 0 Å². The zero-order chi connectivity index (χ0) is 12.9. The molecule has 0 bridgehead atoms. The fraction of sp³-hybridized carbons (Fsp3) is 0.571. The molecule has 0 amide bonds. The Labute approximate surface area is 104 Å². The van der Waals surface area contributed by atoms with Gasteiger partial charge in [0, 0.05) is 37.4 Å². The van der Waals surface area contributed by atoms with Gasteiger partial charge in [0.25, 0.3) is 0 Å². The highest BCUT2D eigenvalue weighted by Crippen LogP contribution is 2.22. The molecule has 1 rings (SSSR count). The fourth-order valence-electron chi connectivity index (χ4n) is 1.50. The minimum Gasteiger partial charge on any atom is -0.396 e. The van der Waals surface area contributed by atoms with E-state index in [9.17, 15) is 5.11 Å². The average Bonchev–Trinajstić information content (AvgIpc) is 2.36. The van der Waals surface area contributed by atoms with Gasteiger partial charge in [0.2, 0.25) is 0 Å². The lowest BCUT2D eigenvalue weighted by Crippen LogP contribution is -2.29. The summed E-state index contributed by atoms with van der Waals surface area (Å²) < 4.78 is 0. The maximum atomic E-state index is 9.36. The lowest BCUT2D eigenvalue weighted by atomic mass is 9.88. The van der Waals surface area contributed by atoms with Crippen LogP contribution in [0.25, 0.3) is 0 Å². The van der Waals surface area contributed by atoms with Crippen molar-refractivity contribution in [1.82, 2.24) is 0 Å². The molecule has 3 nitrogen and oxygen atoms in total. The van der Waals surface area contributed by atoms with E-state index in [-0.39, 0.29) is 12.0 Å². The molecule has 0 spiro atoms. The molecule has 1 atom stereocenters. The first-order valence-electron chi connectivity index (χ1n) is 6.13. The molecule has 1 unspecified atom stereocenters. The van der Waals surface area contributed by atoms with Crippen LogP contribution in [0.15, 0.2) is 24.3 Å². The Bertz CT molecular complexity index is 346. The van der Waals surface area contributed by atoms with Crippen LogP contribution in [0.2, 0.25) is 0 Å². The Kier molecular flexibility index (Phi) is 4.82. The van der Waals surface area contributed by atoms with E-state index in [1.807, 2.05) is 20.2 Å². The molecule has 3 heteroatoms. The van der Waals surface area contributed by atoms with Crippen LogP contribution in [0.4, 0.5) is 11.4 Å². The molecule has 1 aromatic rings. The fourth-order valence-corrected chi connectivity index (χ4v) is 1.50. The van der Waals surface area contributed by atoms with Crippen molar-refractivity contribution in [2.24, 2.45) is 5.41 Å². The lowest BCUT2D eigenvalue weighted by molar-refractivity contribution is 0.149. The van der Waals surface area contributed by atoms with Crippen LogP contribution >= 0.6 is 0 Å². The largest absolute Gasteiger partial charge is 0.396 e. The van der Waals surface area contributed by atoms with Gasteiger partial charge in [-0.1, -0.05) is 19.9 Å². The monoisotopic (exact) mass is 236 g/mol. The average molecular weight is 236 g/mol. The molecule has 0 heterocycles. The summed E-state index contributed by atoms with van der Waals surface area (Å²) in [5.41, 5.74) is 2.23. The first kappa shape index (κ1) is 13.8. The van der Waals surface area contributed by atoms with E-state index < -0.39 is 0 Å². The van der Waals surface area contributed by atoms with Gasteiger partial charge in [-0.2, -0.15) is 0 Å². The number of hydrogen-bond donors (Lipinski definition) is 2. The third-order valence-electron chi connectivity index (χ3n) is 3.32. The molecular weight excluding hydrogens is 212 g/mol. The summed E-state index contributed by atoms with van der Waals surface area (Å²) in [6.07, 6.45) is 0.962. The second kappa shape index (κ2) is 5.92. The molecule has 0 aliphatic carbocycles. The Morgan fingerprint density at radius 3 is 2.59 bits per heavy atom. The van der Waals surface area contributed by atoms with Crippen molar-refractivity contribution in [2.45, 2.75) is 20.3 Å². The first-order chi connectivity index (χ1) is 8.00. The van der Waals surface area contributed by atoms with Crippen molar-refractivity contribution in [2.75, 3.05) is 37.5 Å². The molecule has 0 aromatic heterocycles. The van der Waals surface area contributed by atoms with Crippen molar-refractivity contribution in [3.63, 3.8) is 0 Å². The quantitative estimate of drug-likeness (QED) is 0.797. The summed E-state index contributed by atoms with van der Waals surface area (Å²) in [5, 5.41) is 12.8. The van der Waals surface area contributed by atoms with Crippen LogP contribution < -0.4 is 10.2 Å². The zero-order valence-corrected chi connectivity index (χ0v) is 11.3. The third-order valence-corrected chi connectivity index (χ3v) is 3.32. The van der Waals surface area contributed by atoms with Crippen LogP contribution in [0.3, 0.4) is 0 Å². The second-order valence-corrected chi connectivity index (χ2v) is 5.12. The predicted octanol–water partition coefficient (Wildman–Crippen LogP) is 2.57. The van der Waals surface area contributed by atoms with E-state index in [4.69, 9.17) is 0 Å².